The van der Waals surface area contributed by atoms with Crippen molar-refractivity contribution in [2.75, 3.05) is 5.32 Å². The fourth-order valence-corrected chi connectivity index (χ4v) is 3.30. The summed E-state index contributed by atoms with van der Waals surface area (Å²) in [7, 11) is 0. The zero-order chi connectivity index (χ0) is 21.1. The van der Waals surface area contributed by atoms with Crippen LogP contribution in [0.4, 0.5) is 5.69 Å². The molecule has 0 fully saturated rings. The normalized spacial score (nSPS) is 13.7. The van der Waals surface area contributed by atoms with Crippen LogP contribution >= 0.6 is 0 Å². The first-order valence-electron chi connectivity index (χ1n) is 9.59. The summed E-state index contributed by atoms with van der Waals surface area (Å²) in [5.41, 5.74) is 2.25. The van der Waals surface area contributed by atoms with Crippen LogP contribution in [0.15, 0.2) is 78.9 Å². The van der Waals surface area contributed by atoms with Crippen LogP contribution in [0, 0.1) is 0 Å². The van der Waals surface area contributed by atoms with E-state index in [1.807, 2.05) is 30.3 Å². The van der Waals surface area contributed by atoms with Crippen LogP contribution in [0.3, 0.4) is 0 Å². The van der Waals surface area contributed by atoms with E-state index < -0.39 is 23.8 Å². The van der Waals surface area contributed by atoms with Gasteiger partial charge in [-0.15, -0.1) is 0 Å². The van der Waals surface area contributed by atoms with Crippen molar-refractivity contribution in [3.05, 3.63) is 95.6 Å². The summed E-state index contributed by atoms with van der Waals surface area (Å²) in [5, 5.41) is 2.75. The van der Waals surface area contributed by atoms with Gasteiger partial charge in [-0.3, -0.25) is 19.3 Å². The Balaban J connectivity index is 1.38. The molecule has 0 unspecified atom stereocenters. The van der Waals surface area contributed by atoms with Crippen LogP contribution in [0.2, 0.25) is 0 Å². The molecule has 1 aliphatic heterocycles. The lowest BCUT2D eigenvalue weighted by Crippen LogP contribution is -2.45. The lowest BCUT2D eigenvalue weighted by molar-refractivity contribution is -0.119. The van der Waals surface area contributed by atoms with E-state index in [0.717, 1.165) is 10.5 Å². The molecule has 3 aromatic carbocycles. The predicted molar refractivity (Wildman–Crippen MR) is 112 cm³/mol. The molecule has 0 saturated carbocycles. The first-order chi connectivity index (χ1) is 14.5. The number of carbonyl (C=O) groups is 3. The minimum Gasteiger partial charge on any atom is -0.489 e. The van der Waals surface area contributed by atoms with Crippen molar-refractivity contribution in [1.82, 2.24) is 4.90 Å². The molecule has 0 aliphatic carbocycles. The minimum atomic E-state index is -0.939. The van der Waals surface area contributed by atoms with E-state index in [0.29, 0.717) is 29.2 Å². The Morgan fingerprint density at radius 3 is 2.03 bits per heavy atom. The molecule has 1 aliphatic rings. The van der Waals surface area contributed by atoms with Crippen molar-refractivity contribution in [2.24, 2.45) is 0 Å². The van der Waals surface area contributed by atoms with E-state index in [2.05, 4.69) is 5.32 Å². The maximum Gasteiger partial charge on any atom is 0.262 e. The predicted octanol–water partition coefficient (Wildman–Crippen LogP) is 3.89. The molecule has 6 nitrogen and oxygen atoms in total. The van der Waals surface area contributed by atoms with Crippen LogP contribution in [-0.4, -0.2) is 28.7 Å². The molecule has 0 saturated heterocycles. The van der Waals surface area contributed by atoms with Gasteiger partial charge in [0, 0.05) is 5.69 Å². The third kappa shape index (κ3) is 3.80. The van der Waals surface area contributed by atoms with Gasteiger partial charge in [-0.2, -0.15) is 0 Å². The van der Waals surface area contributed by atoms with Crippen molar-refractivity contribution in [2.45, 2.75) is 19.6 Å². The van der Waals surface area contributed by atoms with Gasteiger partial charge in [-0.05, 0) is 48.9 Å². The quantitative estimate of drug-likeness (QED) is 0.637. The number of ether oxygens (including phenoxy) is 1. The summed E-state index contributed by atoms with van der Waals surface area (Å²) in [6, 6.07) is 22.4. The van der Waals surface area contributed by atoms with E-state index in [1.165, 1.54) is 6.92 Å². The Kier molecular flexibility index (Phi) is 5.30. The van der Waals surface area contributed by atoms with Crippen molar-refractivity contribution in [3.8, 4) is 5.75 Å². The average Bonchev–Trinajstić information content (AvgIpc) is 3.04. The number of rotatable bonds is 6. The highest BCUT2D eigenvalue weighted by atomic mass is 16.5. The summed E-state index contributed by atoms with van der Waals surface area (Å²) >= 11 is 0. The number of amides is 3. The number of anilines is 1. The Labute approximate surface area is 174 Å². The van der Waals surface area contributed by atoms with Gasteiger partial charge in [-0.1, -0.05) is 42.5 Å². The van der Waals surface area contributed by atoms with Gasteiger partial charge in [0.1, 0.15) is 18.4 Å². The number of hydrogen-bond donors (Lipinski definition) is 1. The zero-order valence-electron chi connectivity index (χ0n) is 16.4. The highest BCUT2D eigenvalue weighted by Gasteiger charge is 2.40. The summed E-state index contributed by atoms with van der Waals surface area (Å²) in [5.74, 6) is -0.682. The van der Waals surface area contributed by atoms with Gasteiger partial charge in [0.25, 0.3) is 11.8 Å². The molecule has 0 aromatic heterocycles. The number of nitrogens with one attached hydrogen (secondary N) is 1. The highest BCUT2D eigenvalue weighted by molar-refractivity contribution is 6.23. The number of nitrogens with zero attached hydrogens (tertiary/aromatic N) is 1. The van der Waals surface area contributed by atoms with Gasteiger partial charge < -0.3 is 10.1 Å². The summed E-state index contributed by atoms with van der Waals surface area (Å²) in [6.45, 7) is 1.98. The molecule has 1 atom stereocenters. The second-order valence-corrected chi connectivity index (χ2v) is 6.99. The number of imide groups is 1. The first-order valence-corrected chi connectivity index (χ1v) is 9.59. The molecule has 1 N–H and O–H groups in total. The maximum absolute atomic E-state index is 12.6. The topological polar surface area (TPSA) is 75.7 Å². The van der Waals surface area contributed by atoms with Gasteiger partial charge in [0.15, 0.2) is 0 Å². The Hall–Kier alpha value is -3.93. The van der Waals surface area contributed by atoms with E-state index in [-0.39, 0.29) is 0 Å². The molecule has 1 heterocycles. The average molecular weight is 400 g/mol. The van der Waals surface area contributed by atoms with E-state index in [4.69, 9.17) is 4.74 Å². The van der Waals surface area contributed by atoms with Crippen LogP contribution in [0.1, 0.15) is 33.2 Å². The fraction of sp³-hybridized carbons (Fsp3) is 0.125. The molecule has 0 spiro atoms. The minimum absolute atomic E-state index is 0.321. The van der Waals surface area contributed by atoms with Crippen LogP contribution in [0.25, 0.3) is 0 Å². The number of hydrogen-bond acceptors (Lipinski definition) is 4. The molecule has 0 radical (unpaired) electrons. The van der Waals surface area contributed by atoms with Crippen LogP contribution < -0.4 is 10.1 Å². The Bertz CT molecular complexity index is 1060. The lowest BCUT2D eigenvalue weighted by Gasteiger charge is -2.21. The van der Waals surface area contributed by atoms with Crippen molar-refractivity contribution < 1.29 is 19.1 Å². The molecule has 3 amide bonds. The smallest absolute Gasteiger partial charge is 0.262 e. The third-order valence-electron chi connectivity index (χ3n) is 4.96. The van der Waals surface area contributed by atoms with Crippen LogP contribution in [-0.2, 0) is 11.4 Å². The maximum atomic E-state index is 12.6. The molecular formula is C24H20N2O4. The third-order valence-corrected chi connectivity index (χ3v) is 4.96. The summed E-state index contributed by atoms with van der Waals surface area (Å²) in [6.07, 6.45) is 0. The van der Waals surface area contributed by atoms with E-state index in [1.54, 1.807) is 48.5 Å². The van der Waals surface area contributed by atoms with Crippen LogP contribution in [0.5, 0.6) is 5.75 Å². The molecular weight excluding hydrogens is 380 g/mol. The van der Waals surface area contributed by atoms with Gasteiger partial charge in [0.2, 0.25) is 5.91 Å². The number of benzene rings is 3. The van der Waals surface area contributed by atoms with Crippen molar-refractivity contribution >= 4 is 23.4 Å². The number of carbonyl (C=O) groups excluding carboxylic acids is 3. The number of fused-ring (bicyclic) bond motifs is 1. The standard InChI is InChI=1S/C24H20N2O4/c1-16(26-23(28)20-9-5-6-10-21(20)24(26)29)22(27)25-18-11-13-19(14-12-18)30-15-17-7-3-2-4-8-17/h2-14,16H,15H2,1H3,(H,25,27)/t16-/m1/s1. The molecule has 6 heteroatoms. The zero-order valence-corrected chi connectivity index (χ0v) is 16.4. The van der Waals surface area contributed by atoms with E-state index in [9.17, 15) is 14.4 Å². The molecule has 30 heavy (non-hydrogen) atoms. The van der Waals surface area contributed by atoms with E-state index >= 15 is 0 Å². The Morgan fingerprint density at radius 1 is 0.867 bits per heavy atom. The lowest BCUT2D eigenvalue weighted by atomic mass is 10.1. The first kappa shape index (κ1) is 19.4. The Morgan fingerprint density at radius 2 is 1.43 bits per heavy atom. The van der Waals surface area contributed by atoms with Gasteiger partial charge in [0.05, 0.1) is 11.1 Å². The highest BCUT2D eigenvalue weighted by Crippen LogP contribution is 2.25. The monoisotopic (exact) mass is 400 g/mol. The van der Waals surface area contributed by atoms with Crippen molar-refractivity contribution in [3.63, 3.8) is 0 Å². The molecule has 0 bridgehead atoms. The molecule has 4 rings (SSSR count). The second-order valence-electron chi connectivity index (χ2n) is 6.99. The molecule has 150 valence electrons. The summed E-state index contributed by atoms with van der Waals surface area (Å²) in [4.78, 5) is 38.7. The second kappa shape index (κ2) is 8.21. The van der Waals surface area contributed by atoms with Gasteiger partial charge >= 0.3 is 0 Å². The fourth-order valence-electron chi connectivity index (χ4n) is 3.30. The SMILES string of the molecule is C[C@H](C(=O)Nc1ccc(OCc2ccccc2)cc1)N1C(=O)c2ccccc2C1=O. The largest absolute Gasteiger partial charge is 0.489 e. The summed E-state index contributed by atoms with van der Waals surface area (Å²) < 4.78 is 5.73. The van der Waals surface area contributed by atoms with Crippen molar-refractivity contribution in [1.29, 1.82) is 0 Å². The van der Waals surface area contributed by atoms with Gasteiger partial charge in [-0.25, -0.2) is 0 Å². The molecule has 3 aromatic rings.